The molecule has 0 heterocycles. The van der Waals surface area contributed by atoms with Crippen molar-refractivity contribution in [2.75, 3.05) is 26.6 Å². The number of methoxy groups -OCH3 is 2. The molecule has 0 amide bonds. The van der Waals surface area contributed by atoms with E-state index in [2.05, 4.69) is 0 Å². The standard InChI is InChI=1S/C23H28O5S/c1-4-28-22(24)8-6-5-7-15-29-19-13-14-20(21(16-19)27-3)23(25)17-9-11-18(26-2)12-10-17/h9-14,16H,4-8,15H2,1-3H3. The second-order valence-electron chi connectivity index (χ2n) is 6.38. The molecule has 5 nitrogen and oxygen atoms in total. The molecule has 0 atom stereocenters. The molecular formula is C23H28O5S. The van der Waals surface area contributed by atoms with E-state index in [9.17, 15) is 9.59 Å². The zero-order chi connectivity index (χ0) is 21.1. The lowest BCUT2D eigenvalue weighted by atomic mass is 10.0. The lowest BCUT2D eigenvalue weighted by molar-refractivity contribution is -0.143. The van der Waals surface area contributed by atoms with E-state index in [0.717, 1.165) is 29.9 Å². The third-order valence-corrected chi connectivity index (χ3v) is 5.45. The lowest BCUT2D eigenvalue weighted by Gasteiger charge is -2.10. The minimum Gasteiger partial charge on any atom is -0.497 e. The number of ether oxygens (including phenoxy) is 3. The second kappa shape index (κ2) is 12.2. The maximum Gasteiger partial charge on any atom is 0.305 e. The summed E-state index contributed by atoms with van der Waals surface area (Å²) in [7, 11) is 3.17. The minimum atomic E-state index is -0.123. The molecule has 0 saturated carbocycles. The van der Waals surface area contributed by atoms with Crippen LogP contribution in [-0.4, -0.2) is 38.3 Å². The predicted octanol–water partition coefficient (Wildman–Crippen LogP) is 5.15. The number of carbonyl (C=O) groups excluding carboxylic acids is 2. The summed E-state index contributed by atoms with van der Waals surface area (Å²) in [5.41, 5.74) is 1.13. The molecule has 0 N–H and O–H groups in total. The van der Waals surface area contributed by atoms with Gasteiger partial charge in [-0.25, -0.2) is 0 Å². The number of hydrogen-bond acceptors (Lipinski definition) is 6. The van der Waals surface area contributed by atoms with Gasteiger partial charge in [0.25, 0.3) is 0 Å². The number of unbranched alkanes of at least 4 members (excludes halogenated alkanes) is 2. The summed E-state index contributed by atoms with van der Waals surface area (Å²) < 4.78 is 15.5. The highest BCUT2D eigenvalue weighted by molar-refractivity contribution is 7.99. The van der Waals surface area contributed by atoms with Gasteiger partial charge in [-0.2, -0.15) is 0 Å². The molecule has 0 aliphatic heterocycles. The summed E-state index contributed by atoms with van der Waals surface area (Å²) >= 11 is 1.72. The number of benzene rings is 2. The molecule has 6 heteroatoms. The third-order valence-electron chi connectivity index (χ3n) is 4.37. The number of ketones is 1. The van der Waals surface area contributed by atoms with Gasteiger partial charge in [0, 0.05) is 16.9 Å². The summed E-state index contributed by atoms with van der Waals surface area (Å²) in [6.07, 6.45) is 3.32. The van der Waals surface area contributed by atoms with E-state index in [4.69, 9.17) is 14.2 Å². The average molecular weight is 417 g/mol. The number of esters is 1. The van der Waals surface area contributed by atoms with Gasteiger partial charge in [0.1, 0.15) is 11.5 Å². The Morgan fingerprint density at radius 2 is 1.69 bits per heavy atom. The average Bonchev–Trinajstić information content (AvgIpc) is 2.75. The highest BCUT2D eigenvalue weighted by Crippen LogP contribution is 2.29. The maximum absolute atomic E-state index is 12.8. The number of thioether (sulfide) groups is 1. The Morgan fingerprint density at radius 3 is 2.34 bits per heavy atom. The Hall–Kier alpha value is -2.47. The summed E-state index contributed by atoms with van der Waals surface area (Å²) in [6, 6.07) is 12.7. The molecule has 0 aliphatic carbocycles. The Kier molecular flexibility index (Phi) is 9.57. The molecule has 0 unspecified atom stereocenters. The first-order valence-electron chi connectivity index (χ1n) is 9.74. The summed E-state index contributed by atoms with van der Waals surface area (Å²) in [5, 5.41) is 0. The van der Waals surface area contributed by atoms with E-state index in [1.54, 1.807) is 50.2 Å². The fourth-order valence-electron chi connectivity index (χ4n) is 2.82. The van der Waals surface area contributed by atoms with E-state index < -0.39 is 0 Å². The van der Waals surface area contributed by atoms with Gasteiger partial charge in [0.2, 0.25) is 0 Å². The van der Waals surface area contributed by atoms with Crippen LogP contribution < -0.4 is 9.47 Å². The quantitative estimate of drug-likeness (QED) is 0.206. The summed E-state index contributed by atoms with van der Waals surface area (Å²) in [5.74, 6) is 2.01. The van der Waals surface area contributed by atoms with Crippen molar-refractivity contribution in [3.05, 3.63) is 53.6 Å². The first-order chi connectivity index (χ1) is 14.1. The second-order valence-corrected chi connectivity index (χ2v) is 7.55. The SMILES string of the molecule is CCOC(=O)CCCCCSc1ccc(C(=O)c2ccc(OC)cc2)c(OC)c1. The van der Waals surface area contributed by atoms with Crippen LogP contribution >= 0.6 is 11.8 Å². The summed E-state index contributed by atoms with van der Waals surface area (Å²) in [6.45, 7) is 2.26. The molecule has 156 valence electrons. The Bertz CT molecular complexity index is 801. The molecule has 2 rings (SSSR count). The maximum atomic E-state index is 12.8. The minimum absolute atomic E-state index is 0.0833. The van der Waals surface area contributed by atoms with Crippen molar-refractivity contribution >= 4 is 23.5 Å². The monoisotopic (exact) mass is 416 g/mol. The van der Waals surface area contributed by atoms with E-state index in [1.807, 2.05) is 25.1 Å². The van der Waals surface area contributed by atoms with Crippen molar-refractivity contribution in [3.63, 3.8) is 0 Å². The van der Waals surface area contributed by atoms with Crippen molar-refractivity contribution in [1.82, 2.24) is 0 Å². The molecule has 0 bridgehead atoms. The van der Waals surface area contributed by atoms with Gasteiger partial charge in [-0.1, -0.05) is 6.42 Å². The highest BCUT2D eigenvalue weighted by atomic mass is 32.2. The van der Waals surface area contributed by atoms with E-state index in [0.29, 0.717) is 35.7 Å². The van der Waals surface area contributed by atoms with Crippen LogP contribution in [0.15, 0.2) is 47.4 Å². The number of hydrogen-bond donors (Lipinski definition) is 0. The fourth-order valence-corrected chi connectivity index (χ4v) is 3.76. The van der Waals surface area contributed by atoms with E-state index in [1.165, 1.54) is 0 Å². The van der Waals surface area contributed by atoms with Gasteiger partial charge in [0.15, 0.2) is 5.78 Å². The van der Waals surface area contributed by atoms with Gasteiger partial charge in [-0.15, -0.1) is 11.8 Å². The largest absolute Gasteiger partial charge is 0.497 e. The van der Waals surface area contributed by atoms with Crippen LogP contribution in [0, 0.1) is 0 Å². The van der Waals surface area contributed by atoms with Crippen molar-refractivity contribution < 1.29 is 23.8 Å². The Morgan fingerprint density at radius 1 is 0.931 bits per heavy atom. The van der Waals surface area contributed by atoms with Crippen LogP contribution in [0.4, 0.5) is 0 Å². The Labute approximate surface area is 176 Å². The number of rotatable bonds is 12. The lowest BCUT2D eigenvalue weighted by Crippen LogP contribution is -2.04. The van der Waals surface area contributed by atoms with Crippen LogP contribution in [0.25, 0.3) is 0 Å². The molecule has 0 fully saturated rings. The van der Waals surface area contributed by atoms with E-state index in [-0.39, 0.29) is 11.8 Å². The van der Waals surface area contributed by atoms with Crippen molar-refractivity contribution in [2.24, 2.45) is 0 Å². The Balaban J connectivity index is 1.89. The van der Waals surface area contributed by atoms with Crippen LogP contribution in [-0.2, 0) is 9.53 Å². The predicted molar refractivity (Wildman–Crippen MR) is 115 cm³/mol. The van der Waals surface area contributed by atoms with Gasteiger partial charge in [0.05, 0.1) is 26.4 Å². The molecule has 0 aromatic heterocycles. The molecular weight excluding hydrogens is 388 g/mol. The molecule has 29 heavy (non-hydrogen) atoms. The fraction of sp³-hybridized carbons (Fsp3) is 0.391. The van der Waals surface area contributed by atoms with Crippen LogP contribution in [0.2, 0.25) is 0 Å². The summed E-state index contributed by atoms with van der Waals surface area (Å²) in [4.78, 5) is 25.2. The van der Waals surface area contributed by atoms with Crippen LogP contribution in [0.3, 0.4) is 0 Å². The molecule has 0 aliphatic rings. The van der Waals surface area contributed by atoms with Crippen molar-refractivity contribution in [1.29, 1.82) is 0 Å². The van der Waals surface area contributed by atoms with Gasteiger partial charge in [-0.3, -0.25) is 9.59 Å². The van der Waals surface area contributed by atoms with E-state index >= 15 is 0 Å². The third kappa shape index (κ3) is 7.13. The molecule has 0 saturated heterocycles. The first kappa shape index (κ1) is 22.8. The number of carbonyl (C=O) groups is 2. The molecule has 2 aromatic rings. The van der Waals surface area contributed by atoms with Gasteiger partial charge in [-0.05, 0) is 68.0 Å². The van der Waals surface area contributed by atoms with Gasteiger partial charge >= 0.3 is 5.97 Å². The zero-order valence-corrected chi connectivity index (χ0v) is 18.1. The van der Waals surface area contributed by atoms with Crippen molar-refractivity contribution in [2.45, 2.75) is 37.5 Å². The normalized spacial score (nSPS) is 10.4. The molecule has 0 spiro atoms. The van der Waals surface area contributed by atoms with Gasteiger partial charge < -0.3 is 14.2 Å². The molecule has 0 radical (unpaired) electrons. The van der Waals surface area contributed by atoms with Crippen LogP contribution in [0.5, 0.6) is 11.5 Å². The first-order valence-corrected chi connectivity index (χ1v) is 10.7. The van der Waals surface area contributed by atoms with Crippen molar-refractivity contribution in [3.8, 4) is 11.5 Å². The van der Waals surface area contributed by atoms with Crippen LogP contribution in [0.1, 0.15) is 48.5 Å². The topological polar surface area (TPSA) is 61.8 Å². The highest BCUT2D eigenvalue weighted by Gasteiger charge is 2.15. The molecule has 2 aromatic carbocycles. The zero-order valence-electron chi connectivity index (χ0n) is 17.2. The smallest absolute Gasteiger partial charge is 0.305 e.